The third-order valence-corrected chi connectivity index (χ3v) is 6.36. The molecule has 3 aliphatic heterocycles. The second-order valence-electron chi connectivity index (χ2n) is 7.86. The van der Waals surface area contributed by atoms with E-state index in [-0.39, 0.29) is 17.9 Å². The lowest BCUT2D eigenvalue weighted by molar-refractivity contribution is -0.125. The molecule has 0 N–H and O–H groups in total. The van der Waals surface area contributed by atoms with Gasteiger partial charge < -0.3 is 9.64 Å². The lowest BCUT2D eigenvalue weighted by Gasteiger charge is -2.39. The van der Waals surface area contributed by atoms with Crippen molar-refractivity contribution in [2.24, 2.45) is 11.8 Å². The molecule has 0 spiro atoms. The summed E-state index contributed by atoms with van der Waals surface area (Å²) in [6.07, 6.45) is 2.98. The molecule has 2 aromatic carbocycles. The van der Waals surface area contributed by atoms with Gasteiger partial charge in [0, 0.05) is 23.6 Å². The van der Waals surface area contributed by atoms with Crippen molar-refractivity contribution in [1.29, 1.82) is 0 Å². The Morgan fingerprint density at radius 2 is 1.53 bits per heavy atom. The number of para-hydroxylation sites is 2. The third kappa shape index (κ3) is 2.31. The van der Waals surface area contributed by atoms with E-state index in [4.69, 9.17) is 4.74 Å². The van der Waals surface area contributed by atoms with Crippen molar-refractivity contribution in [3.63, 3.8) is 0 Å². The van der Waals surface area contributed by atoms with Crippen molar-refractivity contribution in [2.75, 3.05) is 9.80 Å². The quantitative estimate of drug-likeness (QED) is 0.621. The highest BCUT2D eigenvalue weighted by Gasteiger charge is 2.64. The fraction of sp³-hybridized carbons (Fsp3) is 0.208. The van der Waals surface area contributed by atoms with Gasteiger partial charge in [0.1, 0.15) is 6.23 Å². The summed E-state index contributed by atoms with van der Waals surface area (Å²) in [6.45, 7) is 0.427. The molecule has 0 aliphatic carbocycles. The minimum absolute atomic E-state index is 0.173. The lowest BCUT2D eigenvalue weighted by atomic mass is 9.88. The number of aromatic nitrogens is 1. The van der Waals surface area contributed by atoms with Crippen LogP contribution in [0.15, 0.2) is 79.1 Å². The summed E-state index contributed by atoms with van der Waals surface area (Å²) >= 11 is 0. The molecular weight excluding hydrogens is 378 g/mol. The van der Waals surface area contributed by atoms with Crippen molar-refractivity contribution in [3.8, 4) is 0 Å². The molecule has 148 valence electrons. The molecule has 6 rings (SSSR count). The van der Waals surface area contributed by atoms with E-state index in [1.54, 1.807) is 24.5 Å². The highest BCUT2D eigenvalue weighted by Crippen LogP contribution is 2.54. The number of anilines is 2. The van der Waals surface area contributed by atoms with Crippen LogP contribution < -0.4 is 9.80 Å². The second kappa shape index (κ2) is 6.50. The molecular formula is C24H19N3O3. The average Bonchev–Trinajstić information content (AvgIpc) is 3.28. The van der Waals surface area contributed by atoms with Gasteiger partial charge in [-0.2, -0.15) is 0 Å². The Morgan fingerprint density at radius 3 is 2.33 bits per heavy atom. The van der Waals surface area contributed by atoms with E-state index in [1.165, 1.54) is 4.90 Å². The fourth-order valence-corrected chi connectivity index (χ4v) is 5.14. The molecule has 6 heteroatoms. The van der Waals surface area contributed by atoms with Crippen LogP contribution >= 0.6 is 0 Å². The summed E-state index contributed by atoms with van der Waals surface area (Å²) in [5.41, 5.74) is 3.65. The van der Waals surface area contributed by atoms with Crippen LogP contribution in [-0.4, -0.2) is 23.0 Å². The Kier molecular flexibility index (Phi) is 3.76. The van der Waals surface area contributed by atoms with E-state index >= 15 is 0 Å². The first-order chi connectivity index (χ1) is 14.8. The monoisotopic (exact) mass is 397 g/mol. The van der Waals surface area contributed by atoms with Crippen LogP contribution in [0.2, 0.25) is 0 Å². The maximum Gasteiger partial charge on any atom is 0.242 e. The Labute approximate surface area is 173 Å². The zero-order valence-corrected chi connectivity index (χ0v) is 16.1. The molecule has 4 heterocycles. The highest BCUT2D eigenvalue weighted by atomic mass is 16.5. The van der Waals surface area contributed by atoms with E-state index in [9.17, 15) is 9.59 Å². The van der Waals surface area contributed by atoms with E-state index in [1.807, 2.05) is 54.6 Å². The molecule has 3 aliphatic rings. The minimum Gasteiger partial charge on any atom is -0.353 e. The van der Waals surface area contributed by atoms with Gasteiger partial charge in [-0.25, -0.2) is 4.90 Å². The number of pyridine rings is 1. The van der Waals surface area contributed by atoms with Gasteiger partial charge in [0.2, 0.25) is 11.8 Å². The average molecular weight is 397 g/mol. The van der Waals surface area contributed by atoms with Gasteiger partial charge in [0.25, 0.3) is 0 Å². The largest absolute Gasteiger partial charge is 0.353 e. The van der Waals surface area contributed by atoms with E-state index in [0.29, 0.717) is 12.3 Å². The van der Waals surface area contributed by atoms with Gasteiger partial charge in [0.05, 0.1) is 30.2 Å². The SMILES string of the molecule is O=C1[C@@H]2[C@H](C(=O)N1c1ccccc1)[C@@H](c1ccncc1)N1c3ccccc3CO[C@@H]21. The number of benzene rings is 2. The Bertz CT molecular complexity index is 1130. The molecule has 2 amide bonds. The van der Waals surface area contributed by atoms with Gasteiger partial charge in [-0.1, -0.05) is 36.4 Å². The maximum atomic E-state index is 13.6. The molecule has 30 heavy (non-hydrogen) atoms. The predicted octanol–water partition coefficient (Wildman–Crippen LogP) is 3.31. The summed E-state index contributed by atoms with van der Waals surface area (Å²) in [6, 6.07) is 20.7. The van der Waals surface area contributed by atoms with Gasteiger partial charge in [-0.15, -0.1) is 0 Å². The molecule has 4 atom stereocenters. The maximum absolute atomic E-state index is 13.6. The molecule has 0 bridgehead atoms. The van der Waals surface area contributed by atoms with Crippen molar-refractivity contribution in [3.05, 3.63) is 90.3 Å². The van der Waals surface area contributed by atoms with Crippen LogP contribution in [0.1, 0.15) is 17.2 Å². The van der Waals surface area contributed by atoms with E-state index in [2.05, 4.69) is 9.88 Å². The van der Waals surface area contributed by atoms with Crippen LogP contribution in [0.25, 0.3) is 0 Å². The van der Waals surface area contributed by atoms with Gasteiger partial charge in [-0.3, -0.25) is 14.6 Å². The molecule has 0 unspecified atom stereocenters. The first-order valence-corrected chi connectivity index (χ1v) is 10.1. The van der Waals surface area contributed by atoms with E-state index in [0.717, 1.165) is 16.8 Å². The number of carbonyl (C=O) groups excluding carboxylic acids is 2. The van der Waals surface area contributed by atoms with Crippen molar-refractivity contribution in [2.45, 2.75) is 18.9 Å². The molecule has 6 nitrogen and oxygen atoms in total. The number of amides is 2. The number of imide groups is 1. The molecule has 2 fully saturated rings. The number of fused-ring (bicyclic) bond motifs is 5. The number of rotatable bonds is 2. The normalized spacial score (nSPS) is 27.1. The smallest absolute Gasteiger partial charge is 0.242 e. The van der Waals surface area contributed by atoms with Crippen LogP contribution in [-0.2, 0) is 20.9 Å². The zero-order valence-electron chi connectivity index (χ0n) is 16.1. The summed E-state index contributed by atoms with van der Waals surface area (Å²) in [4.78, 5) is 34.8. The number of hydrogen-bond donors (Lipinski definition) is 0. The number of nitrogens with zero attached hydrogens (tertiary/aromatic N) is 3. The summed E-state index contributed by atoms with van der Waals surface area (Å²) in [7, 11) is 0. The van der Waals surface area contributed by atoms with Crippen LogP contribution in [0.3, 0.4) is 0 Å². The second-order valence-corrected chi connectivity index (χ2v) is 7.86. The standard InChI is InChI=1S/C24H19N3O3/c28-22-19-20(23(29)26(22)17-7-2-1-3-8-17)24-27(21(19)15-10-12-25-13-11-15)18-9-5-4-6-16(18)14-30-24/h1-13,19-21,24H,14H2/t19-,20-,21+,24-/m0/s1. The topological polar surface area (TPSA) is 62.7 Å². The van der Waals surface area contributed by atoms with Gasteiger partial charge in [0.15, 0.2) is 0 Å². The van der Waals surface area contributed by atoms with Crippen molar-refractivity contribution < 1.29 is 14.3 Å². The van der Waals surface area contributed by atoms with Crippen LogP contribution in [0.5, 0.6) is 0 Å². The summed E-state index contributed by atoms with van der Waals surface area (Å²) in [5, 5.41) is 0. The first-order valence-electron chi connectivity index (χ1n) is 10.1. The summed E-state index contributed by atoms with van der Waals surface area (Å²) < 4.78 is 6.21. The number of hydrogen-bond acceptors (Lipinski definition) is 5. The van der Waals surface area contributed by atoms with Gasteiger partial charge >= 0.3 is 0 Å². The minimum atomic E-state index is -0.552. The van der Waals surface area contributed by atoms with Crippen molar-refractivity contribution in [1.82, 2.24) is 4.98 Å². The predicted molar refractivity (Wildman–Crippen MR) is 110 cm³/mol. The number of carbonyl (C=O) groups is 2. The van der Waals surface area contributed by atoms with Crippen molar-refractivity contribution >= 4 is 23.2 Å². The Hall–Kier alpha value is -3.51. The third-order valence-electron chi connectivity index (χ3n) is 6.36. The van der Waals surface area contributed by atoms with E-state index < -0.39 is 18.1 Å². The zero-order chi connectivity index (χ0) is 20.2. The Balaban J connectivity index is 1.52. The Morgan fingerprint density at radius 1 is 0.833 bits per heavy atom. The molecule has 0 radical (unpaired) electrons. The molecule has 0 saturated carbocycles. The van der Waals surface area contributed by atoms with Crippen LogP contribution in [0.4, 0.5) is 11.4 Å². The van der Waals surface area contributed by atoms with Crippen LogP contribution in [0, 0.1) is 11.8 Å². The molecule has 1 aromatic heterocycles. The highest BCUT2D eigenvalue weighted by molar-refractivity contribution is 6.23. The number of ether oxygens (including phenoxy) is 1. The fourth-order valence-electron chi connectivity index (χ4n) is 5.14. The first kappa shape index (κ1) is 17.4. The lowest BCUT2D eigenvalue weighted by Crippen LogP contribution is -2.45. The molecule has 2 saturated heterocycles. The molecule has 3 aromatic rings. The summed E-state index contributed by atoms with van der Waals surface area (Å²) in [5.74, 6) is -1.43. The van der Waals surface area contributed by atoms with Gasteiger partial charge in [-0.05, 0) is 35.9 Å².